The minimum atomic E-state index is -5.14. The Kier molecular flexibility index (Phi) is 3.99. The van der Waals surface area contributed by atoms with Crippen LogP contribution in [0.2, 0.25) is 0 Å². The number of sulfonamides is 1. The predicted molar refractivity (Wildman–Crippen MR) is 89.3 cm³/mol. The fraction of sp³-hybridized carbons (Fsp3) is 0.353. The first-order chi connectivity index (χ1) is 12.7. The molecule has 144 valence electrons. The van der Waals surface area contributed by atoms with Crippen molar-refractivity contribution >= 4 is 26.8 Å². The number of piperidine rings is 1. The molecule has 0 bridgehead atoms. The largest absolute Gasteiger partial charge is 0.490 e. The van der Waals surface area contributed by atoms with Crippen molar-refractivity contribution in [3.8, 4) is 0 Å². The fourth-order valence-corrected chi connectivity index (χ4v) is 5.25. The Hall–Kier alpha value is -2.17. The van der Waals surface area contributed by atoms with E-state index in [9.17, 15) is 26.4 Å². The number of alkyl halides is 3. The van der Waals surface area contributed by atoms with Gasteiger partial charge in [0.1, 0.15) is 5.60 Å². The van der Waals surface area contributed by atoms with Gasteiger partial charge in [-0.2, -0.15) is 13.2 Å². The smallest absolute Gasteiger partial charge is 0.449 e. The van der Waals surface area contributed by atoms with Crippen LogP contribution in [-0.4, -0.2) is 45.3 Å². The second kappa shape index (κ2) is 5.91. The Labute approximate surface area is 152 Å². The lowest BCUT2D eigenvalue weighted by molar-refractivity contribution is -0.207. The first-order valence-corrected chi connectivity index (χ1v) is 9.64. The molecular weight excluding hydrogens is 385 g/mol. The van der Waals surface area contributed by atoms with Crippen LogP contribution < -0.4 is 10.0 Å². The van der Waals surface area contributed by atoms with Crippen molar-refractivity contribution < 1.29 is 31.1 Å². The van der Waals surface area contributed by atoms with Crippen molar-refractivity contribution in [3.63, 3.8) is 0 Å². The van der Waals surface area contributed by atoms with Gasteiger partial charge in [0.2, 0.25) is 10.0 Å². The number of carbonyl (C=O) groups excluding carboxylic acids is 1. The molecule has 0 aromatic heterocycles. The van der Waals surface area contributed by atoms with Gasteiger partial charge < -0.3 is 10.1 Å². The summed E-state index contributed by atoms with van der Waals surface area (Å²) in [6.45, 7) is 0.218. The summed E-state index contributed by atoms with van der Waals surface area (Å²) in [5.74, 6) is -2.86. The molecule has 0 spiro atoms. The zero-order chi connectivity index (χ0) is 19.4. The maximum atomic E-state index is 12.9. The van der Waals surface area contributed by atoms with Gasteiger partial charge in [0.05, 0.1) is 10.9 Å². The first kappa shape index (κ1) is 18.2. The van der Waals surface area contributed by atoms with Gasteiger partial charge in [-0.25, -0.2) is 17.9 Å². The number of benzene rings is 2. The molecule has 2 fully saturated rings. The van der Waals surface area contributed by atoms with Gasteiger partial charge in [-0.15, -0.1) is 0 Å². The van der Waals surface area contributed by atoms with Crippen LogP contribution in [0.15, 0.2) is 47.4 Å². The van der Waals surface area contributed by atoms with Crippen molar-refractivity contribution in [2.75, 3.05) is 13.1 Å². The van der Waals surface area contributed by atoms with Gasteiger partial charge in [0.15, 0.2) is 0 Å². The van der Waals surface area contributed by atoms with E-state index in [4.69, 9.17) is 0 Å². The van der Waals surface area contributed by atoms with E-state index in [2.05, 4.69) is 14.8 Å². The van der Waals surface area contributed by atoms with E-state index in [0.29, 0.717) is 5.39 Å². The van der Waals surface area contributed by atoms with Gasteiger partial charge in [0, 0.05) is 24.4 Å². The first-order valence-electron chi connectivity index (χ1n) is 8.16. The Balaban J connectivity index is 1.61. The van der Waals surface area contributed by atoms with E-state index in [1.165, 1.54) is 6.07 Å². The highest BCUT2D eigenvalue weighted by Crippen LogP contribution is 2.51. The van der Waals surface area contributed by atoms with E-state index in [-0.39, 0.29) is 18.0 Å². The number of ether oxygens (including phenoxy) is 1. The second-order valence-electron chi connectivity index (χ2n) is 6.66. The molecule has 2 aromatic rings. The van der Waals surface area contributed by atoms with Crippen LogP contribution in [0, 0.1) is 5.92 Å². The predicted octanol–water partition coefficient (Wildman–Crippen LogP) is 1.56. The third-order valence-electron chi connectivity index (χ3n) is 5.05. The third-order valence-corrected chi connectivity index (χ3v) is 6.55. The molecule has 1 aliphatic heterocycles. The van der Waals surface area contributed by atoms with E-state index in [1.807, 2.05) is 0 Å². The summed E-state index contributed by atoms with van der Waals surface area (Å²) < 4.78 is 70.5. The highest BCUT2D eigenvalue weighted by Gasteiger charge is 2.73. The zero-order valence-electron chi connectivity index (χ0n) is 13.8. The lowest BCUT2D eigenvalue weighted by Crippen LogP contribution is -2.42. The van der Waals surface area contributed by atoms with Crippen molar-refractivity contribution in [3.05, 3.63) is 42.5 Å². The highest BCUT2D eigenvalue weighted by atomic mass is 32.2. The third kappa shape index (κ3) is 2.97. The quantitative estimate of drug-likeness (QED) is 0.761. The SMILES string of the molecule is O=C(OC12CNCC1C2NS(=O)(=O)c1cccc2ccccc12)C(F)(F)F. The van der Waals surface area contributed by atoms with Crippen molar-refractivity contribution in [2.45, 2.75) is 22.7 Å². The van der Waals surface area contributed by atoms with Crippen LogP contribution in [-0.2, 0) is 19.6 Å². The maximum Gasteiger partial charge on any atom is 0.490 e. The van der Waals surface area contributed by atoms with Crippen LogP contribution in [0.25, 0.3) is 10.8 Å². The lowest BCUT2D eigenvalue weighted by Gasteiger charge is -2.18. The molecular formula is C17H15F3N2O4S. The van der Waals surface area contributed by atoms with Crippen LogP contribution in [0.3, 0.4) is 0 Å². The zero-order valence-corrected chi connectivity index (χ0v) is 14.6. The summed E-state index contributed by atoms with van der Waals surface area (Å²) in [4.78, 5) is 11.3. The van der Waals surface area contributed by atoms with E-state index in [1.54, 1.807) is 36.4 Å². The van der Waals surface area contributed by atoms with Gasteiger partial charge in [-0.3, -0.25) is 0 Å². The topological polar surface area (TPSA) is 84.5 Å². The molecule has 1 heterocycles. The standard InChI is InChI=1S/C17H15F3N2O4S/c18-17(19,20)15(23)26-16-9-21-8-12(16)14(16)22-27(24,25)13-7-3-5-10-4-1-2-6-11(10)13/h1-7,12,14,21-22H,8-9H2. The van der Waals surface area contributed by atoms with E-state index >= 15 is 0 Å². The van der Waals surface area contributed by atoms with Crippen LogP contribution in [0.4, 0.5) is 13.2 Å². The molecule has 3 atom stereocenters. The molecule has 27 heavy (non-hydrogen) atoms. The number of hydrogen-bond acceptors (Lipinski definition) is 5. The maximum absolute atomic E-state index is 12.9. The molecule has 2 aliphatic rings. The van der Waals surface area contributed by atoms with E-state index in [0.717, 1.165) is 5.39 Å². The molecule has 6 nitrogen and oxygen atoms in total. The number of hydrogen-bond donors (Lipinski definition) is 2. The van der Waals surface area contributed by atoms with Gasteiger partial charge >= 0.3 is 12.1 Å². The Morgan fingerprint density at radius 3 is 2.63 bits per heavy atom. The fourth-order valence-electron chi connectivity index (χ4n) is 3.70. The Bertz CT molecular complexity index is 1020. The summed E-state index contributed by atoms with van der Waals surface area (Å²) >= 11 is 0. The van der Waals surface area contributed by atoms with E-state index < -0.39 is 39.7 Å². The molecule has 2 aromatic carbocycles. The van der Waals surface area contributed by atoms with Crippen molar-refractivity contribution in [1.29, 1.82) is 0 Å². The molecule has 1 aliphatic carbocycles. The number of nitrogens with one attached hydrogen (secondary N) is 2. The normalized spacial score (nSPS) is 27.4. The van der Waals surface area contributed by atoms with Crippen molar-refractivity contribution in [1.82, 2.24) is 10.0 Å². The number of esters is 1. The van der Waals surface area contributed by atoms with Crippen LogP contribution in [0.5, 0.6) is 0 Å². The summed E-state index contributed by atoms with van der Waals surface area (Å²) in [5, 5.41) is 4.04. The molecule has 0 radical (unpaired) electrons. The summed E-state index contributed by atoms with van der Waals surface area (Å²) in [6.07, 6.45) is -5.14. The van der Waals surface area contributed by atoms with Gasteiger partial charge in [0.25, 0.3) is 0 Å². The molecule has 4 rings (SSSR count). The molecule has 3 unspecified atom stereocenters. The highest BCUT2D eigenvalue weighted by molar-refractivity contribution is 7.89. The minimum absolute atomic E-state index is 0.0239. The van der Waals surface area contributed by atoms with Crippen LogP contribution in [0.1, 0.15) is 0 Å². The summed E-state index contributed by atoms with van der Waals surface area (Å²) in [6, 6.07) is 10.8. The molecule has 1 saturated carbocycles. The number of carbonyl (C=O) groups is 1. The molecule has 0 amide bonds. The number of fused-ring (bicyclic) bond motifs is 2. The van der Waals surface area contributed by atoms with Gasteiger partial charge in [-0.05, 0) is 11.5 Å². The Morgan fingerprint density at radius 1 is 1.19 bits per heavy atom. The second-order valence-corrected chi connectivity index (χ2v) is 8.34. The minimum Gasteiger partial charge on any atom is -0.449 e. The average Bonchev–Trinajstić information content (AvgIpc) is 2.97. The summed E-state index contributed by atoms with van der Waals surface area (Å²) in [5.41, 5.74) is -1.51. The van der Waals surface area contributed by atoms with Crippen molar-refractivity contribution in [2.24, 2.45) is 5.92 Å². The number of rotatable bonds is 4. The van der Waals surface area contributed by atoms with Crippen LogP contribution >= 0.6 is 0 Å². The molecule has 1 saturated heterocycles. The Morgan fingerprint density at radius 2 is 1.89 bits per heavy atom. The number of halogens is 3. The lowest BCUT2D eigenvalue weighted by atomic mass is 10.1. The summed E-state index contributed by atoms with van der Waals surface area (Å²) in [7, 11) is -4.03. The monoisotopic (exact) mass is 400 g/mol. The van der Waals surface area contributed by atoms with Gasteiger partial charge in [-0.1, -0.05) is 36.4 Å². The molecule has 2 N–H and O–H groups in total. The average molecular weight is 400 g/mol. The molecule has 10 heteroatoms.